The summed E-state index contributed by atoms with van der Waals surface area (Å²) in [6.45, 7) is 4.31. The Hall–Kier alpha value is -0.0800. The zero-order chi connectivity index (χ0) is 9.40. The van der Waals surface area contributed by atoms with Crippen LogP contribution in [0.1, 0.15) is 39.5 Å². The molecule has 0 saturated carbocycles. The Morgan fingerprint density at radius 3 is 1.33 bits per heavy atom. The topological polar surface area (TPSA) is 18.5 Å². The Balaban J connectivity index is 3.49. The SMILES string of the molecule is CCC(CCC(CC)OC)OC. The van der Waals surface area contributed by atoms with Gasteiger partial charge >= 0.3 is 0 Å². The van der Waals surface area contributed by atoms with Crippen molar-refractivity contribution in [3.05, 3.63) is 0 Å². The Kier molecular flexibility index (Phi) is 7.51. The van der Waals surface area contributed by atoms with Gasteiger partial charge in [-0.1, -0.05) is 13.8 Å². The summed E-state index contributed by atoms with van der Waals surface area (Å²) in [4.78, 5) is 0. The fourth-order valence-electron chi connectivity index (χ4n) is 1.35. The molecule has 74 valence electrons. The molecule has 0 aliphatic heterocycles. The van der Waals surface area contributed by atoms with E-state index in [1.165, 1.54) is 0 Å². The van der Waals surface area contributed by atoms with Gasteiger partial charge in [-0.25, -0.2) is 0 Å². The molecule has 0 fully saturated rings. The summed E-state index contributed by atoms with van der Waals surface area (Å²) < 4.78 is 10.6. The minimum Gasteiger partial charge on any atom is -0.381 e. The van der Waals surface area contributed by atoms with E-state index in [4.69, 9.17) is 9.47 Å². The average Bonchev–Trinajstić information content (AvgIpc) is 2.13. The van der Waals surface area contributed by atoms with Crippen LogP contribution in [0.5, 0.6) is 0 Å². The van der Waals surface area contributed by atoms with Crippen LogP contribution in [-0.4, -0.2) is 26.4 Å². The highest BCUT2D eigenvalue weighted by atomic mass is 16.5. The normalized spacial score (nSPS) is 16.0. The van der Waals surface area contributed by atoms with Crippen LogP contribution in [0.25, 0.3) is 0 Å². The first-order valence-electron chi connectivity index (χ1n) is 4.84. The van der Waals surface area contributed by atoms with Gasteiger partial charge in [-0.15, -0.1) is 0 Å². The highest BCUT2D eigenvalue weighted by Gasteiger charge is 2.09. The molecule has 0 aromatic heterocycles. The van der Waals surface area contributed by atoms with E-state index in [0.29, 0.717) is 12.2 Å². The third-order valence-electron chi connectivity index (χ3n) is 2.39. The molecule has 0 aromatic carbocycles. The second-order valence-corrected chi connectivity index (χ2v) is 3.11. The van der Waals surface area contributed by atoms with Gasteiger partial charge < -0.3 is 9.47 Å². The smallest absolute Gasteiger partial charge is 0.0569 e. The van der Waals surface area contributed by atoms with Gasteiger partial charge in [0.15, 0.2) is 0 Å². The van der Waals surface area contributed by atoms with Gasteiger partial charge in [-0.2, -0.15) is 0 Å². The van der Waals surface area contributed by atoms with Gasteiger partial charge in [-0.05, 0) is 25.7 Å². The van der Waals surface area contributed by atoms with E-state index < -0.39 is 0 Å². The summed E-state index contributed by atoms with van der Waals surface area (Å²) in [7, 11) is 3.56. The predicted octanol–water partition coefficient (Wildman–Crippen LogP) is 2.62. The lowest BCUT2D eigenvalue weighted by Crippen LogP contribution is -2.15. The number of rotatable bonds is 7. The monoisotopic (exact) mass is 174 g/mol. The Labute approximate surface area is 76.3 Å². The lowest BCUT2D eigenvalue weighted by molar-refractivity contribution is 0.0508. The van der Waals surface area contributed by atoms with Crippen LogP contribution in [0.15, 0.2) is 0 Å². The second kappa shape index (κ2) is 7.56. The van der Waals surface area contributed by atoms with E-state index >= 15 is 0 Å². The highest BCUT2D eigenvalue weighted by molar-refractivity contribution is 4.60. The van der Waals surface area contributed by atoms with Crippen molar-refractivity contribution >= 4 is 0 Å². The average molecular weight is 174 g/mol. The van der Waals surface area contributed by atoms with Gasteiger partial charge in [-0.3, -0.25) is 0 Å². The third-order valence-corrected chi connectivity index (χ3v) is 2.39. The molecule has 0 aliphatic rings. The van der Waals surface area contributed by atoms with Crippen molar-refractivity contribution in [3.8, 4) is 0 Å². The van der Waals surface area contributed by atoms with E-state index in [9.17, 15) is 0 Å². The summed E-state index contributed by atoms with van der Waals surface area (Å²) in [6.07, 6.45) is 5.23. The molecule has 2 heteroatoms. The summed E-state index contributed by atoms with van der Waals surface area (Å²) in [5.74, 6) is 0. The van der Waals surface area contributed by atoms with E-state index in [-0.39, 0.29) is 0 Å². The Bertz CT molecular complexity index is 73.8. The first kappa shape index (κ1) is 11.9. The minimum atomic E-state index is 0.411. The zero-order valence-corrected chi connectivity index (χ0v) is 8.80. The number of ether oxygens (including phenoxy) is 2. The Morgan fingerprint density at radius 2 is 1.17 bits per heavy atom. The maximum absolute atomic E-state index is 5.28. The van der Waals surface area contributed by atoms with Crippen LogP contribution in [0.4, 0.5) is 0 Å². The van der Waals surface area contributed by atoms with E-state index in [1.54, 1.807) is 14.2 Å². The third kappa shape index (κ3) is 4.73. The number of hydrogen-bond acceptors (Lipinski definition) is 2. The highest BCUT2D eigenvalue weighted by Crippen LogP contribution is 2.11. The lowest BCUT2D eigenvalue weighted by Gasteiger charge is -2.17. The molecule has 0 aromatic rings. The van der Waals surface area contributed by atoms with Gasteiger partial charge in [0.05, 0.1) is 12.2 Å². The lowest BCUT2D eigenvalue weighted by atomic mass is 10.1. The maximum Gasteiger partial charge on any atom is 0.0569 e. The molecule has 0 spiro atoms. The molecule has 0 aliphatic carbocycles. The molecule has 0 saturated heterocycles. The molecule has 0 radical (unpaired) electrons. The second-order valence-electron chi connectivity index (χ2n) is 3.11. The van der Waals surface area contributed by atoms with E-state index in [2.05, 4.69) is 13.8 Å². The fraction of sp³-hybridized carbons (Fsp3) is 1.00. The van der Waals surface area contributed by atoms with Crippen molar-refractivity contribution in [2.75, 3.05) is 14.2 Å². The Morgan fingerprint density at radius 1 is 0.833 bits per heavy atom. The first-order valence-corrected chi connectivity index (χ1v) is 4.84. The first-order chi connectivity index (χ1) is 5.78. The molecule has 2 unspecified atom stereocenters. The summed E-state index contributed by atoms with van der Waals surface area (Å²) >= 11 is 0. The minimum absolute atomic E-state index is 0.411. The van der Waals surface area contributed by atoms with Crippen molar-refractivity contribution in [2.24, 2.45) is 0 Å². The largest absolute Gasteiger partial charge is 0.381 e. The fourth-order valence-corrected chi connectivity index (χ4v) is 1.35. The van der Waals surface area contributed by atoms with Crippen molar-refractivity contribution in [3.63, 3.8) is 0 Å². The van der Waals surface area contributed by atoms with Gasteiger partial charge in [0, 0.05) is 14.2 Å². The quantitative estimate of drug-likeness (QED) is 0.590. The molecule has 12 heavy (non-hydrogen) atoms. The molecular weight excluding hydrogens is 152 g/mol. The van der Waals surface area contributed by atoms with Crippen LogP contribution in [0.2, 0.25) is 0 Å². The summed E-state index contributed by atoms with van der Waals surface area (Å²) in [5.41, 5.74) is 0. The zero-order valence-electron chi connectivity index (χ0n) is 8.80. The molecule has 0 rings (SSSR count). The van der Waals surface area contributed by atoms with Crippen molar-refractivity contribution in [1.82, 2.24) is 0 Å². The number of hydrogen-bond donors (Lipinski definition) is 0. The van der Waals surface area contributed by atoms with Crippen LogP contribution in [0.3, 0.4) is 0 Å². The van der Waals surface area contributed by atoms with Crippen molar-refractivity contribution in [1.29, 1.82) is 0 Å². The van der Waals surface area contributed by atoms with Crippen molar-refractivity contribution in [2.45, 2.75) is 51.7 Å². The van der Waals surface area contributed by atoms with Crippen LogP contribution >= 0.6 is 0 Å². The van der Waals surface area contributed by atoms with Crippen LogP contribution in [-0.2, 0) is 9.47 Å². The summed E-state index contributed by atoms with van der Waals surface area (Å²) in [5, 5.41) is 0. The van der Waals surface area contributed by atoms with Gasteiger partial charge in [0.25, 0.3) is 0 Å². The summed E-state index contributed by atoms with van der Waals surface area (Å²) in [6, 6.07) is 0. The van der Waals surface area contributed by atoms with E-state index in [1.807, 2.05) is 0 Å². The molecule has 2 atom stereocenters. The van der Waals surface area contributed by atoms with Gasteiger partial charge in [0.2, 0.25) is 0 Å². The van der Waals surface area contributed by atoms with Crippen LogP contribution in [0, 0.1) is 0 Å². The molecule has 0 amide bonds. The maximum atomic E-state index is 5.28. The van der Waals surface area contributed by atoms with E-state index in [0.717, 1.165) is 25.7 Å². The van der Waals surface area contributed by atoms with Crippen LogP contribution < -0.4 is 0 Å². The predicted molar refractivity (Wildman–Crippen MR) is 51.4 cm³/mol. The molecule has 0 heterocycles. The standard InChI is InChI=1S/C10H22O2/c1-5-9(11-3)7-8-10(6-2)12-4/h9-10H,5-8H2,1-4H3. The van der Waals surface area contributed by atoms with Gasteiger partial charge in [0.1, 0.15) is 0 Å². The molecule has 0 N–H and O–H groups in total. The number of methoxy groups -OCH3 is 2. The molecule has 0 bridgehead atoms. The van der Waals surface area contributed by atoms with Crippen molar-refractivity contribution < 1.29 is 9.47 Å². The molecule has 2 nitrogen and oxygen atoms in total. The molecular formula is C10H22O2.